The second-order valence-corrected chi connectivity index (χ2v) is 7.06. The molecule has 0 spiro atoms. The van der Waals surface area contributed by atoms with E-state index in [0.717, 1.165) is 16.9 Å². The molecule has 0 unspecified atom stereocenters. The molecule has 6 heteroatoms. The predicted molar refractivity (Wildman–Crippen MR) is 112 cm³/mol. The molecular formula is C23H19ClN2O3. The Morgan fingerprint density at radius 2 is 1.90 bits per heavy atom. The van der Waals surface area contributed by atoms with Crippen molar-refractivity contribution in [3.8, 4) is 5.75 Å². The Bertz CT molecular complexity index is 1150. The molecule has 4 rings (SSSR count). The molecular weight excluding hydrogens is 388 g/mol. The number of fused-ring (bicyclic) bond motifs is 1. The normalized spacial score (nSPS) is 10.8. The van der Waals surface area contributed by atoms with Crippen LogP contribution in [0.25, 0.3) is 11.1 Å². The number of ether oxygens (including phenoxy) is 1. The molecule has 1 heterocycles. The van der Waals surface area contributed by atoms with Gasteiger partial charge in [0.1, 0.15) is 11.3 Å². The summed E-state index contributed by atoms with van der Waals surface area (Å²) < 4.78 is 11.0. The molecule has 0 atom stereocenters. The highest BCUT2D eigenvalue weighted by Crippen LogP contribution is 2.21. The second kappa shape index (κ2) is 8.37. The molecule has 0 aliphatic heterocycles. The van der Waals surface area contributed by atoms with Gasteiger partial charge in [0.15, 0.2) is 11.5 Å². The van der Waals surface area contributed by atoms with Gasteiger partial charge in [0.25, 0.3) is 5.91 Å². The summed E-state index contributed by atoms with van der Waals surface area (Å²) in [7, 11) is 1.62. The summed E-state index contributed by atoms with van der Waals surface area (Å²) in [5.74, 6) is 1.19. The zero-order valence-corrected chi connectivity index (χ0v) is 16.6. The summed E-state index contributed by atoms with van der Waals surface area (Å²) >= 11 is 6.03. The molecule has 1 aromatic heterocycles. The molecule has 1 amide bonds. The Morgan fingerprint density at radius 3 is 2.66 bits per heavy atom. The van der Waals surface area contributed by atoms with Gasteiger partial charge < -0.3 is 14.5 Å². The number of hydrogen-bond donors (Lipinski definition) is 1. The van der Waals surface area contributed by atoms with Crippen molar-refractivity contribution in [3.05, 3.63) is 94.3 Å². The van der Waals surface area contributed by atoms with Gasteiger partial charge in [-0.3, -0.25) is 4.79 Å². The van der Waals surface area contributed by atoms with Gasteiger partial charge in [-0.1, -0.05) is 35.9 Å². The number of hydrogen-bond acceptors (Lipinski definition) is 4. The van der Waals surface area contributed by atoms with Gasteiger partial charge in [0.05, 0.1) is 7.11 Å². The summed E-state index contributed by atoms with van der Waals surface area (Å²) in [6, 6.07) is 20.4. The van der Waals surface area contributed by atoms with Crippen LogP contribution in [0.15, 0.2) is 71.1 Å². The minimum Gasteiger partial charge on any atom is -0.497 e. The third kappa shape index (κ3) is 4.58. The smallest absolute Gasteiger partial charge is 0.251 e. The molecule has 4 aromatic rings. The van der Waals surface area contributed by atoms with Crippen LogP contribution in [0.3, 0.4) is 0 Å². The van der Waals surface area contributed by atoms with Crippen LogP contribution in [0.2, 0.25) is 5.02 Å². The Morgan fingerprint density at radius 1 is 1.07 bits per heavy atom. The summed E-state index contributed by atoms with van der Waals surface area (Å²) in [4.78, 5) is 17.0. The molecule has 0 aliphatic carbocycles. The SMILES string of the molecule is COc1ccc(CNC(=O)c2ccc3nc(Cc4cccc(Cl)c4)oc3c2)cc1. The van der Waals surface area contributed by atoms with Crippen LogP contribution in [0, 0.1) is 0 Å². The lowest BCUT2D eigenvalue weighted by Crippen LogP contribution is -2.22. The molecule has 0 aliphatic rings. The number of nitrogens with one attached hydrogen (secondary N) is 1. The van der Waals surface area contributed by atoms with Crippen molar-refractivity contribution in [1.82, 2.24) is 10.3 Å². The van der Waals surface area contributed by atoms with Crippen LogP contribution < -0.4 is 10.1 Å². The van der Waals surface area contributed by atoms with Crippen molar-refractivity contribution >= 4 is 28.6 Å². The fraction of sp³-hybridized carbons (Fsp3) is 0.130. The first-order valence-corrected chi connectivity index (χ1v) is 9.53. The van der Waals surface area contributed by atoms with Crippen LogP contribution in [-0.2, 0) is 13.0 Å². The number of carbonyl (C=O) groups is 1. The molecule has 5 nitrogen and oxygen atoms in total. The molecule has 29 heavy (non-hydrogen) atoms. The average molecular weight is 407 g/mol. The third-order valence-electron chi connectivity index (χ3n) is 4.55. The van der Waals surface area contributed by atoms with Gasteiger partial charge in [-0.15, -0.1) is 0 Å². The Balaban J connectivity index is 1.45. The Kier molecular flexibility index (Phi) is 5.49. The van der Waals surface area contributed by atoms with Crippen LogP contribution in [0.5, 0.6) is 5.75 Å². The lowest BCUT2D eigenvalue weighted by atomic mass is 10.1. The van der Waals surface area contributed by atoms with Crippen molar-refractivity contribution in [2.45, 2.75) is 13.0 Å². The van der Waals surface area contributed by atoms with E-state index in [4.69, 9.17) is 20.8 Å². The topological polar surface area (TPSA) is 64.4 Å². The molecule has 0 saturated heterocycles. The molecule has 0 saturated carbocycles. The van der Waals surface area contributed by atoms with Crippen molar-refractivity contribution < 1.29 is 13.9 Å². The minimum absolute atomic E-state index is 0.171. The van der Waals surface area contributed by atoms with E-state index in [2.05, 4.69) is 10.3 Å². The van der Waals surface area contributed by atoms with E-state index in [-0.39, 0.29) is 5.91 Å². The van der Waals surface area contributed by atoms with Gasteiger partial charge in [0.2, 0.25) is 0 Å². The van der Waals surface area contributed by atoms with E-state index in [0.29, 0.717) is 40.5 Å². The quantitative estimate of drug-likeness (QED) is 0.488. The van der Waals surface area contributed by atoms with Crippen molar-refractivity contribution in [2.75, 3.05) is 7.11 Å². The number of methoxy groups -OCH3 is 1. The number of halogens is 1. The molecule has 3 aromatic carbocycles. The zero-order valence-electron chi connectivity index (χ0n) is 15.8. The molecule has 0 radical (unpaired) electrons. The maximum Gasteiger partial charge on any atom is 0.251 e. The number of amides is 1. The van der Waals surface area contributed by atoms with E-state index in [1.807, 2.05) is 48.5 Å². The van der Waals surface area contributed by atoms with Crippen molar-refractivity contribution in [1.29, 1.82) is 0 Å². The van der Waals surface area contributed by atoms with Gasteiger partial charge in [-0.25, -0.2) is 4.98 Å². The van der Waals surface area contributed by atoms with Gasteiger partial charge >= 0.3 is 0 Å². The summed E-state index contributed by atoms with van der Waals surface area (Å²) in [5, 5.41) is 3.59. The number of rotatable bonds is 6. The average Bonchev–Trinajstić information content (AvgIpc) is 3.13. The second-order valence-electron chi connectivity index (χ2n) is 6.63. The lowest BCUT2D eigenvalue weighted by Gasteiger charge is -2.06. The first-order chi connectivity index (χ1) is 14.1. The molecule has 146 valence electrons. The van der Waals surface area contributed by atoms with E-state index in [1.165, 1.54) is 0 Å². The van der Waals surface area contributed by atoms with Crippen molar-refractivity contribution in [2.24, 2.45) is 0 Å². The third-order valence-corrected chi connectivity index (χ3v) is 4.79. The first kappa shape index (κ1) is 19.0. The number of oxazole rings is 1. The van der Waals surface area contributed by atoms with E-state index in [9.17, 15) is 4.79 Å². The fourth-order valence-electron chi connectivity index (χ4n) is 3.04. The Hall–Kier alpha value is -3.31. The number of carbonyl (C=O) groups excluding carboxylic acids is 1. The van der Waals surface area contributed by atoms with E-state index < -0.39 is 0 Å². The van der Waals surface area contributed by atoms with Crippen LogP contribution in [-0.4, -0.2) is 18.0 Å². The number of nitrogens with zero attached hydrogens (tertiary/aromatic N) is 1. The standard InChI is InChI=1S/C23H19ClN2O3/c1-28-19-8-5-15(6-9-19)14-25-23(27)17-7-10-20-21(13-17)29-22(26-20)12-16-3-2-4-18(24)11-16/h2-11,13H,12,14H2,1H3,(H,25,27). The van der Waals surface area contributed by atoms with Crippen LogP contribution in [0.1, 0.15) is 27.4 Å². The molecule has 0 fully saturated rings. The monoisotopic (exact) mass is 406 g/mol. The highest BCUT2D eigenvalue weighted by Gasteiger charge is 2.11. The predicted octanol–water partition coefficient (Wildman–Crippen LogP) is 5.01. The van der Waals surface area contributed by atoms with Crippen molar-refractivity contribution in [3.63, 3.8) is 0 Å². The lowest BCUT2D eigenvalue weighted by molar-refractivity contribution is 0.0951. The highest BCUT2D eigenvalue weighted by molar-refractivity contribution is 6.30. The highest BCUT2D eigenvalue weighted by atomic mass is 35.5. The maximum atomic E-state index is 12.5. The van der Waals surface area contributed by atoms with E-state index >= 15 is 0 Å². The molecule has 0 bridgehead atoms. The maximum absolute atomic E-state index is 12.5. The first-order valence-electron chi connectivity index (χ1n) is 9.16. The fourth-order valence-corrected chi connectivity index (χ4v) is 3.25. The van der Waals surface area contributed by atoms with Gasteiger partial charge in [-0.05, 0) is 53.6 Å². The summed E-state index contributed by atoms with van der Waals surface area (Å²) in [6.07, 6.45) is 0.536. The number of aromatic nitrogens is 1. The van der Waals surface area contributed by atoms with Gasteiger partial charge in [-0.2, -0.15) is 0 Å². The van der Waals surface area contributed by atoms with E-state index in [1.54, 1.807) is 25.3 Å². The molecule has 1 N–H and O–H groups in total. The van der Waals surface area contributed by atoms with Crippen LogP contribution >= 0.6 is 11.6 Å². The Labute approximate surface area is 173 Å². The zero-order chi connectivity index (χ0) is 20.2. The number of benzene rings is 3. The van der Waals surface area contributed by atoms with Gasteiger partial charge in [0, 0.05) is 23.6 Å². The summed E-state index contributed by atoms with van der Waals surface area (Å²) in [5.41, 5.74) is 3.83. The summed E-state index contributed by atoms with van der Waals surface area (Å²) in [6.45, 7) is 0.428. The van der Waals surface area contributed by atoms with Crippen LogP contribution in [0.4, 0.5) is 0 Å². The largest absolute Gasteiger partial charge is 0.497 e. The minimum atomic E-state index is -0.171.